The van der Waals surface area contributed by atoms with Crippen LogP contribution in [0.15, 0.2) is 29.6 Å². The second-order valence-electron chi connectivity index (χ2n) is 4.38. The van der Waals surface area contributed by atoms with Crippen molar-refractivity contribution in [1.82, 2.24) is 0 Å². The minimum Gasteiger partial charge on any atom is -0.493 e. The summed E-state index contributed by atoms with van der Waals surface area (Å²) in [4.78, 5) is 1.23. The predicted octanol–water partition coefficient (Wildman–Crippen LogP) is 3.04. The summed E-state index contributed by atoms with van der Waals surface area (Å²) in [7, 11) is 0. The van der Waals surface area contributed by atoms with E-state index in [1.54, 1.807) is 11.3 Å². The number of hydrogen-bond acceptors (Lipinski definition) is 3. The Morgan fingerprint density at radius 3 is 3.00 bits per heavy atom. The molecule has 0 aliphatic carbocycles. The third-order valence-corrected chi connectivity index (χ3v) is 4.37. The van der Waals surface area contributed by atoms with Gasteiger partial charge < -0.3 is 10.5 Å². The normalized spacial score (nSPS) is 15.4. The molecule has 1 aromatic carbocycles. The van der Waals surface area contributed by atoms with Crippen molar-refractivity contribution >= 4 is 11.3 Å². The molecule has 0 fully saturated rings. The summed E-state index contributed by atoms with van der Waals surface area (Å²) < 4.78 is 5.71. The van der Waals surface area contributed by atoms with Crippen LogP contribution in [-0.4, -0.2) is 6.61 Å². The number of benzene rings is 1. The Kier molecular flexibility index (Phi) is 2.65. The van der Waals surface area contributed by atoms with E-state index in [1.165, 1.54) is 16.0 Å². The highest BCUT2D eigenvalue weighted by Gasteiger charge is 2.22. The first-order chi connectivity index (χ1) is 8.27. The molecule has 0 radical (unpaired) electrons. The summed E-state index contributed by atoms with van der Waals surface area (Å²) in [6.07, 6.45) is 0.999. The molecule has 0 saturated carbocycles. The standard InChI is InChI=1S/C14H15NOS/c1-9-6-8-17-14(9)12(15)11-4-2-3-10-5-7-16-13(10)11/h2-4,6,8,12H,5,7,15H2,1H3. The summed E-state index contributed by atoms with van der Waals surface area (Å²) in [5.74, 6) is 1.01. The summed E-state index contributed by atoms with van der Waals surface area (Å²) in [6, 6.07) is 8.33. The zero-order chi connectivity index (χ0) is 11.8. The van der Waals surface area contributed by atoms with Gasteiger partial charge in [0.2, 0.25) is 0 Å². The molecule has 0 amide bonds. The summed E-state index contributed by atoms with van der Waals surface area (Å²) >= 11 is 1.72. The van der Waals surface area contributed by atoms with Gasteiger partial charge in [0, 0.05) is 16.9 Å². The number of para-hydroxylation sites is 1. The Balaban J connectivity index is 2.05. The van der Waals surface area contributed by atoms with Gasteiger partial charge in [0.1, 0.15) is 5.75 Å². The van der Waals surface area contributed by atoms with E-state index in [0.717, 1.165) is 24.3 Å². The topological polar surface area (TPSA) is 35.2 Å². The van der Waals surface area contributed by atoms with Gasteiger partial charge in [-0.05, 0) is 29.5 Å². The summed E-state index contributed by atoms with van der Waals surface area (Å²) in [6.45, 7) is 2.89. The van der Waals surface area contributed by atoms with Crippen molar-refractivity contribution in [2.24, 2.45) is 5.73 Å². The number of fused-ring (bicyclic) bond motifs is 1. The van der Waals surface area contributed by atoms with Crippen LogP contribution in [0.3, 0.4) is 0 Å². The smallest absolute Gasteiger partial charge is 0.127 e. The predicted molar refractivity (Wildman–Crippen MR) is 70.7 cm³/mol. The molecule has 3 rings (SSSR count). The van der Waals surface area contributed by atoms with Gasteiger partial charge in [-0.3, -0.25) is 0 Å². The van der Waals surface area contributed by atoms with E-state index in [2.05, 4.69) is 36.6 Å². The SMILES string of the molecule is Cc1ccsc1C(N)c1cccc2c1OCC2. The van der Waals surface area contributed by atoms with Gasteiger partial charge in [-0.2, -0.15) is 0 Å². The van der Waals surface area contributed by atoms with Gasteiger partial charge in [-0.25, -0.2) is 0 Å². The molecular formula is C14H15NOS. The monoisotopic (exact) mass is 245 g/mol. The number of aryl methyl sites for hydroxylation is 1. The summed E-state index contributed by atoms with van der Waals surface area (Å²) in [5, 5.41) is 2.09. The minimum atomic E-state index is -0.0666. The number of hydrogen-bond donors (Lipinski definition) is 1. The van der Waals surface area contributed by atoms with Gasteiger partial charge in [-0.15, -0.1) is 11.3 Å². The van der Waals surface area contributed by atoms with E-state index < -0.39 is 0 Å². The van der Waals surface area contributed by atoms with Crippen LogP contribution >= 0.6 is 11.3 Å². The fourth-order valence-electron chi connectivity index (χ4n) is 2.33. The first kappa shape index (κ1) is 10.8. The molecule has 2 heterocycles. The minimum absolute atomic E-state index is 0.0666. The first-order valence-corrected chi connectivity index (χ1v) is 6.69. The van der Waals surface area contributed by atoms with Crippen LogP contribution in [0.2, 0.25) is 0 Å². The quantitative estimate of drug-likeness (QED) is 0.882. The van der Waals surface area contributed by atoms with E-state index in [-0.39, 0.29) is 6.04 Å². The Labute approximate surface area is 105 Å². The van der Waals surface area contributed by atoms with Crippen LogP contribution < -0.4 is 10.5 Å². The average Bonchev–Trinajstić information content (AvgIpc) is 2.95. The Bertz CT molecular complexity index is 547. The molecule has 0 spiro atoms. The Hall–Kier alpha value is -1.32. The highest BCUT2D eigenvalue weighted by Crippen LogP contribution is 2.37. The van der Waals surface area contributed by atoms with E-state index in [4.69, 9.17) is 10.5 Å². The third-order valence-electron chi connectivity index (χ3n) is 3.26. The molecule has 88 valence electrons. The number of rotatable bonds is 2. The van der Waals surface area contributed by atoms with Gasteiger partial charge in [0.25, 0.3) is 0 Å². The van der Waals surface area contributed by atoms with Crippen molar-refractivity contribution in [3.05, 3.63) is 51.2 Å². The van der Waals surface area contributed by atoms with Crippen molar-refractivity contribution in [2.75, 3.05) is 6.61 Å². The van der Waals surface area contributed by atoms with Gasteiger partial charge >= 0.3 is 0 Å². The average molecular weight is 245 g/mol. The lowest BCUT2D eigenvalue weighted by Crippen LogP contribution is -2.12. The fourth-order valence-corrected chi connectivity index (χ4v) is 3.28. The molecule has 1 atom stereocenters. The maximum absolute atomic E-state index is 6.37. The lowest BCUT2D eigenvalue weighted by molar-refractivity contribution is 0.352. The van der Waals surface area contributed by atoms with Crippen LogP contribution in [0, 0.1) is 6.92 Å². The molecule has 0 bridgehead atoms. The lowest BCUT2D eigenvalue weighted by Gasteiger charge is -2.15. The molecule has 3 heteroatoms. The molecule has 0 saturated heterocycles. The third kappa shape index (κ3) is 1.75. The van der Waals surface area contributed by atoms with Gasteiger partial charge in [-0.1, -0.05) is 18.2 Å². The highest BCUT2D eigenvalue weighted by molar-refractivity contribution is 7.10. The van der Waals surface area contributed by atoms with Crippen LogP contribution in [0.25, 0.3) is 0 Å². The highest BCUT2D eigenvalue weighted by atomic mass is 32.1. The fraction of sp³-hybridized carbons (Fsp3) is 0.286. The van der Waals surface area contributed by atoms with Crippen LogP contribution in [0.4, 0.5) is 0 Å². The van der Waals surface area contributed by atoms with Gasteiger partial charge in [0.15, 0.2) is 0 Å². The zero-order valence-electron chi connectivity index (χ0n) is 9.77. The van der Waals surface area contributed by atoms with Crippen molar-refractivity contribution in [3.8, 4) is 5.75 Å². The van der Waals surface area contributed by atoms with E-state index in [0.29, 0.717) is 0 Å². The molecule has 2 aromatic rings. The Morgan fingerprint density at radius 1 is 1.35 bits per heavy atom. The molecule has 2 nitrogen and oxygen atoms in total. The molecule has 1 unspecified atom stereocenters. The molecule has 1 aliphatic rings. The van der Waals surface area contributed by atoms with Crippen LogP contribution in [0.5, 0.6) is 5.75 Å². The lowest BCUT2D eigenvalue weighted by atomic mass is 10.00. The van der Waals surface area contributed by atoms with Crippen molar-refractivity contribution in [3.63, 3.8) is 0 Å². The largest absolute Gasteiger partial charge is 0.493 e. The number of thiophene rings is 1. The molecule has 2 N–H and O–H groups in total. The van der Waals surface area contributed by atoms with Crippen molar-refractivity contribution < 1.29 is 4.74 Å². The molecule has 1 aromatic heterocycles. The maximum atomic E-state index is 6.37. The van der Waals surface area contributed by atoms with Gasteiger partial charge in [0.05, 0.1) is 12.6 Å². The Morgan fingerprint density at radius 2 is 2.24 bits per heavy atom. The first-order valence-electron chi connectivity index (χ1n) is 5.81. The number of ether oxygens (including phenoxy) is 1. The van der Waals surface area contributed by atoms with E-state index >= 15 is 0 Å². The second-order valence-corrected chi connectivity index (χ2v) is 5.33. The van der Waals surface area contributed by atoms with Crippen molar-refractivity contribution in [2.45, 2.75) is 19.4 Å². The van der Waals surface area contributed by atoms with Crippen molar-refractivity contribution in [1.29, 1.82) is 0 Å². The number of nitrogens with two attached hydrogens (primary N) is 1. The van der Waals surface area contributed by atoms with E-state index in [1.807, 2.05) is 0 Å². The zero-order valence-corrected chi connectivity index (χ0v) is 10.6. The van der Waals surface area contributed by atoms with Crippen LogP contribution in [-0.2, 0) is 6.42 Å². The molecular weight excluding hydrogens is 230 g/mol. The molecule has 1 aliphatic heterocycles. The van der Waals surface area contributed by atoms with E-state index in [9.17, 15) is 0 Å². The summed E-state index contributed by atoms with van der Waals surface area (Å²) in [5.41, 5.74) is 10.0. The second kappa shape index (κ2) is 4.17. The molecule has 17 heavy (non-hydrogen) atoms. The van der Waals surface area contributed by atoms with Crippen LogP contribution in [0.1, 0.15) is 27.6 Å². The maximum Gasteiger partial charge on any atom is 0.127 e.